The quantitative estimate of drug-likeness (QED) is 0.246. The van der Waals surface area contributed by atoms with Crippen molar-refractivity contribution < 1.29 is 28.6 Å². The van der Waals surface area contributed by atoms with Crippen molar-refractivity contribution in [1.82, 2.24) is 10.7 Å². The molecule has 0 aromatic heterocycles. The van der Waals surface area contributed by atoms with Crippen molar-refractivity contribution in [2.45, 2.75) is 32.8 Å². The monoisotopic (exact) mass is 560 g/mol. The first-order chi connectivity index (χ1) is 17.2. The van der Waals surface area contributed by atoms with Crippen molar-refractivity contribution in [3.8, 4) is 11.5 Å². The van der Waals surface area contributed by atoms with E-state index in [1.807, 2.05) is 32.0 Å². The maximum atomic E-state index is 12.4. The Balaban J connectivity index is 1.54. The van der Waals surface area contributed by atoms with Crippen molar-refractivity contribution in [2.24, 2.45) is 5.10 Å². The highest BCUT2D eigenvalue weighted by Crippen LogP contribution is 2.36. The van der Waals surface area contributed by atoms with Crippen LogP contribution in [0.3, 0.4) is 0 Å². The summed E-state index contributed by atoms with van der Waals surface area (Å²) in [6, 6.07) is 9.07. The number of methoxy groups -OCH3 is 1. The molecule has 0 radical (unpaired) electrons. The van der Waals surface area contributed by atoms with Gasteiger partial charge >= 0.3 is 11.8 Å². The lowest BCUT2D eigenvalue weighted by Crippen LogP contribution is -2.41. The van der Waals surface area contributed by atoms with Crippen molar-refractivity contribution in [1.29, 1.82) is 0 Å². The molecule has 1 aliphatic rings. The van der Waals surface area contributed by atoms with E-state index in [-0.39, 0.29) is 25.2 Å². The number of carbonyl (C=O) groups is 3. The van der Waals surface area contributed by atoms with Crippen LogP contribution in [0, 0.1) is 13.8 Å². The van der Waals surface area contributed by atoms with Crippen molar-refractivity contribution in [3.63, 3.8) is 0 Å². The Hall–Kier alpha value is -3.44. The zero-order valence-corrected chi connectivity index (χ0v) is 21.9. The van der Waals surface area contributed by atoms with E-state index in [0.717, 1.165) is 24.0 Å². The zero-order valence-electron chi connectivity index (χ0n) is 20.4. The minimum Gasteiger partial charge on any atom is -0.493 e. The van der Waals surface area contributed by atoms with Gasteiger partial charge < -0.3 is 24.8 Å². The highest BCUT2D eigenvalue weighted by molar-refractivity contribution is 9.10. The number of rotatable bonds is 9. The third kappa shape index (κ3) is 8.06. The number of aryl methyl sites for hydroxylation is 2. The molecule has 36 heavy (non-hydrogen) atoms. The summed E-state index contributed by atoms with van der Waals surface area (Å²) in [5, 5.41) is 9.16. The van der Waals surface area contributed by atoms with E-state index in [2.05, 4.69) is 37.1 Å². The summed E-state index contributed by atoms with van der Waals surface area (Å²) < 4.78 is 17.0. The van der Waals surface area contributed by atoms with E-state index in [1.165, 1.54) is 13.3 Å². The molecule has 0 aliphatic carbocycles. The van der Waals surface area contributed by atoms with E-state index in [1.54, 1.807) is 12.1 Å². The minimum atomic E-state index is -0.884. The molecule has 0 saturated carbocycles. The first-order valence-corrected chi connectivity index (χ1v) is 12.2. The van der Waals surface area contributed by atoms with Crippen molar-refractivity contribution in [2.75, 3.05) is 32.2 Å². The number of nitrogens with zero attached hydrogens (tertiary/aromatic N) is 1. The molecule has 3 N–H and O–H groups in total. The lowest BCUT2D eigenvalue weighted by atomic mass is 10.1. The van der Waals surface area contributed by atoms with Crippen LogP contribution in [0.4, 0.5) is 5.69 Å². The first kappa shape index (κ1) is 27.2. The van der Waals surface area contributed by atoms with Crippen molar-refractivity contribution in [3.05, 3.63) is 51.5 Å². The molecule has 1 atom stereocenters. The van der Waals surface area contributed by atoms with Gasteiger partial charge in [-0.3, -0.25) is 14.4 Å². The Labute approximate surface area is 217 Å². The topological polar surface area (TPSA) is 127 Å². The van der Waals surface area contributed by atoms with Crippen LogP contribution < -0.4 is 25.5 Å². The average molecular weight is 561 g/mol. The number of hydrogen-bond donors (Lipinski definition) is 3. The minimum absolute atomic E-state index is 0.0615. The number of carbonyl (C=O) groups excluding carboxylic acids is 3. The number of halogens is 1. The molecule has 11 heteroatoms. The molecule has 3 rings (SSSR count). The number of amides is 3. The summed E-state index contributed by atoms with van der Waals surface area (Å²) in [4.78, 5) is 36.2. The van der Waals surface area contributed by atoms with Crippen LogP contribution in [0.15, 0.2) is 39.9 Å². The van der Waals surface area contributed by atoms with Gasteiger partial charge in [0.1, 0.15) is 0 Å². The molecule has 1 aliphatic heterocycles. The van der Waals surface area contributed by atoms with Gasteiger partial charge in [0.25, 0.3) is 5.91 Å². The molecule has 3 amide bonds. The number of benzene rings is 2. The molecule has 1 fully saturated rings. The molecule has 1 heterocycles. The van der Waals surface area contributed by atoms with Crippen LogP contribution >= 0.6 is 15.9 Å². The third-order valence-electron chi connectivity index (χ3n) is 5.21. The molecule has 2 aromatic rings. The van der Waals surface area contributed by atoms with E-state index >= 15 is 0 Å². The second-order valence-electron chi connectivity index (χ2n) is 8.29. The number of anilines is 1. The predicted molar refractivity (Wildman–Crippen MR) is 138 cm³/mol. The summed E-state index contributed by atoms with van der Waals surface area (Å²) in [5.41, 5.74) is 5.53. The Morgan fingerprint density at radius 1 is 1.14 bits per heavy atom. The van der Waals surface area contributed by atoms with Gasteiger partial charge in [-0.2, -0.15) is 5.10 Å². The molecule has 0 unspecified atom stereocenters. The molecular formula is C25H29BrN4O6. The Bertz CT molecular complexity index is 1130. The fourth-order valence-corrected chi connectivity index (χ4v) is 4.22. The summed E-state index contributed by atoms with van der Waals surface area (Å²) in [6.07, 6.45) is 3.09. The maximum absolute atomic E-state index is 12.4. The zero-order chi connectivity index (χ0) is 26.1. The highest BCUT2D eigenvalue weighted by atomic mass is 79.9. The standard InChI is InChI=1S/C25H29BrN4O6/c1-15-7-16(2)9-18(8-15)29-22(31)14-36-23-20(26)10-17(11-21(23)34-3)12-28-30-25(33)24(32)27-13-19-5-4-6-35-19/h7-12,19H,4-6,13-14H2,1-3H3,(H,27,32)(H,29,31)(H,30,33)/b28-12-/t19-/m1/s1. The van der Waals surface area contributed by atoms with Gasteiger partial charge in [-0.15, -0.1) is 0 Å². The Kier molecular flexibility index (Phi) is 9.83. The summed E-state index contributed by atoms with van der Waals surface area (Å²) in [7, 11) is 1.46. The van der Waals surface area contributed by atoms with Gasteiger partial charge in [0, 0.05) is 18.8 Å². The van der Waals surface area contributed by atoms with Gasteiger partial charge in [0.15, 0.2) is 18.1 Å². The molecule has 1 saturated heterocycles. The lowest BCUT2D eigenvalue weighted by molar-refractivity contribution is -0.139. The normalized spacial score (nSPS) is 14.9. The molecular weight excluding hydrogens is 532 g/mol. The summed E-state index contributed by atoms with van der Waals surface area (Å²) in [6.45, 7) is 4.63. The summed E-state index contributed by atoms with van der Waals surface area (Å²) in [5.74, 6) is -1.30. The predicted octanol–water partition coefficient (Wildman–Crippen LogP) is 2.84. The fourth-order valence-electron chi connectivity index (χ4n) is 3.64. The van der Waals surface area contributed by atoms with E-state index in [9.17, 15) is 14.4 Å². The second-order valence-corrected chi connectivity index (χ2v) is 9.15. The van der Waals surface area contributed by atoms with Crippen LogP contribution in [0.5, 0.6) is 11.5 Å². The van der Waals surface area contributed by atoms with E-state index < -0.39 is 11.8 Å². The van der Waals surface area contributed by atoms with E-state index in [0.29, 0.717) is 33.8 Å². The number of ether oxygens (including phenoxy) is 3. The Morgan fingerprint density at radius 2 is 1.89 bits per heavy atom. The molecule has 0 spiro atoms. The second kappa shape index (κ2) is 13.0. The Morgan fingerprint density at radius 3 is 2.56 bits per heavy atom. The van der Waals surface area contributed by atoms with Crippen LogP contribution in [0.25, 0.3) is 0 Å². The van der Waals surface area contributed by atoms with Crippen molar-refractivity contribution >= 4 is 45.6 Å². The number of nitrogens with one attached hydrogen (secondary N) is 3. The van der Waals surface area contributed by atoms with Crippen LogP contribution in [0.2, 0.25) is 0 Å². The van der Waals surface area contributed by atoms with Gasteiger partial charge in [-0.25, -0.2) is 5.43 Å². The van der Waals surface area contributed by atoms with Crippen LogP contribution in [-0.4, -0.2) is 56.9 Å². The average Bonchev–Trinajstić information content (AvgIpc) is 3.34. The first-order valence-electron chi connectivity index (χ1n) is 11.4. The molecule has 10 nitrogen and oxygen atoms in total. The maximum Gasteiger partial charge on any atom is 0.329 e. The largest absolute Gasteiger partial charge is 0.493 e. The third-order valence-corrected chi connectivity index (χ3v) is 5.79. The van der Waals surface area contributed by atoms with Gasteiger partial charge in [-0.1, -0.05) is 6.07 Å². The van der Waals surface area contributed by atoms with Gasteiger partial charge in [0.2, 0.25) is 0 Å². The number of hydrazone groups is 1. The van der Waals surface area contributed by atoms with Crippen LogP contribution in [-0.2, 0) is 19.1 Å². The highest BCUT2D eigenvalue weighted by Gasteiger charge is 2.19. The lowest BCUT2D eigenvalue weighted by Gasteiger charge is -2.14. The smallest absolute Gasteiger partial charge is 0.329 e. The fraction of sp³-hybridized carbons (Fsp3) is 0.360. The van der Waals surface area contributed by atoms with Gasteiger partial charge in [0.05, 0.1) is 23.9 Å². The summed E-state index contributed by atoms with van der Waals surface area (Å²) >= 11 is 3.41. The molecule has 0 bridgehead atoms. The van der Waals surface area contributed by atoms with Gasteiger partial charge in [-0.05, 0) is 83.6 Å². The molecule has 2 aromatic carbocycles. The van der Waals surface area contributed by atoms with Crippen LogP contribution in [0.1, 0.15) is 29.5 Å². The molecule has 192 valence electrons. The van der Waals surface area contributed by atoms with E-state index in [4.69, 9.17) is 14.2 Å². The SMILES string of the molecule is COc1cc(/C=N\NC(=O)C(=O)NC[C@H]2CCCO2)cc(Br)c1OCC(=O)Nc1cc(C)cc(C)c1. The number of hydrogen-bond acceptors (Lipinski definition) is 7.